The Hall–Kier alpha value is -0.410. The summed E-state index contributed by atoms with van der Waals surface area (Å²) in [5.41, 5.74) is -0.198. The molecule has 1 saturated heterocycles. The largest absolute Gasteiger partial charge is 0.373 e. The molecular weight excluding hydrogens is 190 g/mol. The summed E-state index contributed by atoms with van der Waals surface area (Å²) in [7, 11) is 0. The average molecular weight is 213 g/mol. The fourth-order valence-electron chi connectivity index (χ4n) is 2.16. The summed E-state index contributed by atoms with van der Waals surface area (Å²) >= 11 is 0. The smallest absolute Gasteiger partial charge is 0.127 e. The molecule has 1 aliphatic heterocycles. The number of hydrogen-bond donors (Lipinski definition) is 0. The van der Waals surface area contributed by atoms with Crippen LogP contribution < -0.4 is 0 Å². The third kappa shape index (κ3) is 3.58. The van der Waals surface area contributed by atoms with E-state index in [1.165, 1.54) is 0 Å². The standard InChI is InChI=1S/C12H23NO2/c1-5-12(4,9-14)8-13-6-10(2)15-11(3)7-13/h9-11H,5-8H2,1-4H3. The Labute approximate surface area is 92.8 Å². The van der Waals surface area contributed by atoms with E-state index in [0.29, 0.717) is 0 Å². The van der Waals surface area contributed by atoms with Crippen molar-refractivity contribution in [2.45, 2.75) is 46.3 Å². The highest BCUT2D eigenvalue weighted by molar-refractivity contribution is 5.58. The van der Waals surface area contributed by atoms with E-state index in [2.05, 4.69) is 25.7 Å². The van der Waals surface area contributed by atoms with Gasteiger partial charge < -0.3 is 9.53 Å². The molecule has 0 aromatic carbocycles. The number of morpholine rings is 1. The Balaban J connectivity index is 2.53. The van der Waals surface area contributed by atoms with Crippen LogP contribution in [0.25, 0.3) is 0 Å². The summed E-state index contributed by atoms with van der Waals surface area (Å²) in [4.78, 5) is 13.4. The Morgan fingerprint density at radius 2 is 1.93 bits per heavy atom. The first-order valence-corrected chi connectivity index (χ1v) is 5.83. The Kier molecular flexibility index (Phi) is 4.29. The zero-order valence-electron chi connectivity index (χ0n) is 10.3. The molecule has 3 nitrogen and oxygen atoms in total. The second-order valence-corrected chi connectivity index (χ2v) is 5.08. The maximum absolute atomic E-state index is 11.0. The van der Waals surface area contributed by atoms with Crippen molar-refractivity contribution in [3.63, 3.8) is 0 Å². The van der Waals surface area contributed by atoms with E-state index < -0.39 is 0 Å². The summed E-state index contributed by atoms with van der Waals surface area (Å²) < 4.78 is 5.67. The van der Waals surface area contributed by atoms with Crippen LogP contribution in [0.2, 0.25) is 0 Å². The molecule has 3 atom stereocenters. The predicted molar refractivity (Wildman–Crippen MR) is 60.9 cm³/mol. The molecule has 1 heterocycles. The van der Waals surface area contributed by atoms with Gasteiger partial charge in [0.25, 0.3) is 0 Å². The van der Waals surface area contributed by atoms with Crippen molar-refractivity contribution in [3.05, 3.63) is 0 Å². The number of nitrogens with zero attached hydrogens (tertiary/aromatic N) is 1. The van der Waals surface area contributed by atoms with E-state index in [-0.39, 0.29) is 17.6 Å². The van der Waals surface area contributed by atoms with E-state index in [1.807, 2.05) is 6.92 Å². The minimum atomic E-state index is -0.198. The van der Waals surface area contributed by atoms with E-state index in [9.17, 15) is 4.79 Å². The molecule has 1 aliphatic rings. The first kappa shape index (κ1) is 12.7. The van der Waals surface area contributed by atoms with Gasteiger partial charge in [-0.1, -0.05) is 13.8 Å². The van der Waals surface area contributed by atoms with E-state index in [0.717, 1.165) is 32.3 Å². The van der Waals surface area contributed by atoms with Crippen molar-refractivity contribution < 1.29 is 9.53 Å². The van der Waals surface area contributed by atoms with Crippen LogP contribution >= 0.6 is 0 Å². The fourth-order valence-corrected chi connectivity index (χ4v) is 2.16. The second kappa shape index (κ2) is 5.08. The van der Waals surface area contributed by atoms with Crippen LogP contribution in [0.4, 0.5) is 0 Å². The van der Waals surface area contributed by atoms with Gasteiger partial charge in [-0.05, 0) is 20.3 Å². The molecule has 3 heteroatoms. The average Bonchev–Trinajstić information content (AvgIpc) is 2.16. The Morgan fingerprint density at radius 1 is 1.40 bits per heavy atom. The van der Waals surface area contributed by atoms with Crippen LogP contribution in [0, 0.1) is 5.41 Å². The Morgan fingerprint density at radius 3 is 2.33 bits per heavy atom. The van der Waals surface area contributed by atoms with Crippen molar-refractivity contribution in [1.82, 2.24) is 4.90 Å². The SMILES string of the molecule is CCC(C)(C=O)CN1CC(C)OC(C)C1. The van der Waals surface area contributed by atoms with Gasteiger partial charge in [-0.25, -0.2) is 0 Å². The zero-order valence-corrected chi connectivity index (χ0v) is 10.3. The van der Waals surface area contributed by atoms with Crippen LogP contribution in [0.5, 0.6) is 0 Å². The number of carbonyl (C=O) groups excluding carboxylic acids is 1. The minimum absolute atomic E-state index is 0.198. The lowest BCUT2D eigenvalue weighted by molar-refractivity contribution is -0.119. The van der Waals surface area contributed by atoms with Crippen molar-refractivity contribution in [3.8, 4) is 0 Å². The predicted octanol–water partition coefficient (Wildman–Crippen LogP) is 1.71. The lowest BCUT2D eigenvalue weighted by atomic mass is 9.88. The van der Waals surface area contributed by atoms with Gasteiger partial charge in [0.2, 0.25) is 0 Å². The summed E-state index contributed by atoms with van der Waals surface area (Å²) in [5, 5.41) is 0. The van der Waals surface area contributed by atoms with Gasteiger partial charge >= 0.3 is 0 Å². The summed E-state index contributed by atoms with van der Waals surface area (Å²) in [5.74, 6) is 0. The van der Waals surface area contributed by atoms with E-state index in [4.69, 9.17) is 4.74 Å². The van der Waals surface area contributed by atoms with E-state index in [1.54, 1.807) is 0 Å². The first-order valence-electron chi connectivity index (χ1n) is 5.83. The highest BCUT2D eigenvalue weighted by atomic mass is 16.5. The molecule has 0 aliphatic carbocycles. The molecule has 0 amide bonds. The van der Waals surface area contributed by atoms with Crippen LogP contribution in [0.15, 0.2) is 0 Å². The van der Waals surface area contributed by atoms with Crippen molar-refractivity contribution in [2.75, 3.05) is 19.6 Å². The normalized spacial score (nSPS) is 32.3. The second-order valence-electron chi connectivity index (χ2n) is 5.08. The quantitative estimate of drug-likeness (QED) is 0.666. The number of aldehydes is 1. The third-order valence-corrected chi connectivity index (χ3v) is 3.17. The summed E-state index contributed by atoms with van der Waals surface area (Å²) in [6, 6.07) is 0. The molecule has 3 unspecified atom stereocenters. The Bertz CT molecular complexity index is 210. The zero-order chi connectivity index (χ0) is 11.5. The summed E-state index contributed by atoms with van der Waals surface area (Å²) in [6.07, 6.45) is 2.55. The lowest BCUT2D eigenvalue weighted by Gasteiger charge is -2.38. The molecule has 0 saturated carbocycles. The monoisotopic (exact) mass is 213 g/mol. The molecule has 0 spiro atoms. The highest BCUT2D eigenvalue weighted by Gasteiger charge is 2.29. The number of rotatable bonds is 4. The van der Waals surface area contributed by atoms with Gasteiger partial charge in [-0.15, -0.1) is 0 Å². The van der Waals surface area contributed by atoms with Gasteiger partial charge in [-0.3, -0.25) is 4.90 Å². The molecule has 15 heavy (non-hydrogen) atoms. The topological polar surface area (TPSA) is 29.5 Å². The first-order chi connectivity index (χ1) is 6.99. The molecule has 0 radical (unpaired) electrons. The summed E-state index contributed by atoms with van der Waals surface area (Å²) in [6.45, 7) is 11.0. The molecular formula is C12H23NO2. The molecule has 0 N–H and O–H groups in total. The van der Waals surface area contributed by atoms with Gasteiger partial charge in [0.1, 0.15) is 6.29 Å². The van der Waals surface area contributed by atoms with Gasteiger partial charge in [0.05, 0.1) is 12.2 Å². The van der Waals surface area contributed by atoms with Crippen molar-refractivity contribution in [2.24, 2.45) is 5.41 Å². The molecule has 1 fully saturated rings. The number of hydrogen-bond acceptors (Lipinski definition) is 3. The molecule has 88 valence electrons. The minimum Gasteiger partial charge on any atom is -0.373 e. The van der Waals surface area contributed by atoms with Crippen LogP contribution in [0.3, 0.4) is 0 Å². The fraction of sp³-hybridized carbons (Fsp3) is 0.917. The van der Waals surface area contributed by atoms with Crippen molar-refractivity contribution in [1.29, 1.82) is 0 Å². The third-order valence-electron chi connectivity index (χ3n) is 3.17. The molecule has 0 bridgehead atoms. The van der Waals surface area contributed by atoms with Crippen molar-refractivity contribution >= 4 is 6.29 Å². The maximum Gasteiger partial charge on any atom is 0.127 e. The van der Waals surface area contributed by atoms with Crippen LogP contribution in [-0.4, -0.2) is 43.0 Å². The lowest BCUT2D eigenvalue weighted by Crippen LogP contribution is -2.49. The van der Waals surface area contributed by atoms with Gasteiger partial charge in [0, 0.05) is 25.0 Å². The van der Waals surface area contributed by atoms with E-state index >= 15 is 0 Å². The highest BCUT2D eigenvalue weighted by Crippen LogP contribution is 2.22. The number of ether oxygens (including phenoxy) is 1. The molecule has 1 rings (SSSR count). The maximum atomic E-state index is 11.0. The van der Waals surface area contributed by atoms with Gasteiger partial charge in [-0.2, -0.15) is 0 Å². The molecule has 0 aromatic heterocycles. The number of carbonyl (C=O) groups is 1. The molecule has 0 aromatic rings. The van der Waals surface area contributed by atoms with Gasteiger partial charge in [0.15, 0.2) is 0 Å². The van der Waals surface area contributed by atoms with Crippen LogP contribution in [-0.2, 0) is 9.53 Å². The van der Waals surface area contributed by atoms with Crippen LogP contribution in [0.1, 0.15) is 34.1 Å².